The van der Waals surface area contributed by atoms with Crippen molar-refractivity contribution in [2.24, 2.45) is 0 Å². The minimum absolute atomic E-state index is 0.0209. The van der Waals surface area contributed by atoms with Crippen molar-refractivity contribution < 1.29 is 17.9 Å². The molecule has 0 atom stereocenters. The van der Waals surface area contributed by atoms with Crippen LogP contribution in [0.1, 0.15) is 45.7 Å². The van der Waals surface area contributed by atoms with Crippen molar-refractivity contribution in [1.29, 1.82) is 0 Å². The average Bonchev–Trinajstić information content (AvgIpc) is 3.47. The van der Waals surface area contributed by atoms with Crippen LogP contribution in [-0.4, -0.2) is 48.6 Å². The van der Waals surface area contributed by atoms with Gasteiger partial charge in [-0.25, -0.2) is 8.42 Å². The van der Waals surface area contributed by atoms with Crippen LogP contribution in [0.4, 0.5) is 0 Å². The van der Waals surface area contributed by atoms with Gasteiger partial charge in [-0.05, 0) is 50.5 Å². The third-order valence-corrected chi connectivity index (χ3v) is 8.16. The number of rotatable bonds is 8. The van der Waals surface area contributed by atoms with Crippen LogP contribution in [0.3, 0.4) is 0 Å². The summed E-state index contributed by atoms with van der Waals surface area (Å²) in [6.07, 6.45) is 1.66. The van der Waals surface area contributed by atoms with Crippen molar-refractivity contribution in [3.63, 3.8) is 0 Å². The number of nitrogens with zero attached hydrogens (tertiary/aromatic N) is 3. The Morgan fingerprint density at radius 2 is 1.79 bits per heavy atom. The van der Waals surface area contributed by atoms with Gasteiger partial charge >= 0.3 is 0 Å². The van der Waals surface area contributed by atoms with E-state index in [2.05, 4.69) is 22.5 Å². The van der Waals surface area contributed by atoms with Crippen molar-refractivity contribution in [2.75, 3.05) is 20.2 Å². The number of ether oxygens (including phenoxy) is 1. The highest BCUT2D eigenvalue weighted by Gasteiger charge is 2.30. The summed E-state index contributed by atoms with van der Waals surface area (Å²) in [5.74, 6) is -0.118. The topological polar surface area (TPSA) is 93.5 Å². The molecular weight excluding hydrogens is 452 g/mol. The second-order valence-corrected chi connectivity index (χ2v) is 10.4. The van der Waals surface area contributed by atoms with Crippen LogP contribution in [0, 0.1) is 13.8 Å². The summed E-state index contributed by atoms with van der Waals surface area (Å²) in [5, 5.41) is 7.55. The zero-order valence-electron chi connectivity index (χ0n) is 19.7. The van der Waals surface area contributed by atoms with Gasteiger partial charge in [0.15, 0.2) is 0 Å². The zero-order chi connectivity index (χ0) is 24.3. The highest BCUT2D eigenvalue weighted by molar-refractivity contribution is 7.89. The van der Waals surface area contributed by atoms with Crippen LogP contribution in [0.25, 0.3) is 0 Å². The number of amides is 1. The number of carbonyl (C=O) groups is 1. The van der Waals surface area contributed by atoms with Gasteiger partial charge in [0.25, 0.3) is 5.91 Å². The van der Waals surface area contributed by atoms with E-state index in [0.29, 0.717) is 26.2 Å². The largest absolute Gasteiger partial charge is 0.495 e. The first kappa shape index (κ1) is 24.0. The molecule has 1 saturated heterocycles. The van der Waals surface area contributed by atoms with E-state index in [-0.39, 0.29) is 22.1 Å². The number of aryl methyl sites for hydroxylation is 1. The third kappa shape index (κ3) is 4.85. The maximum Gasteiger partial charge on any atom is 0.251 e. The molecule has 1 aliphatic heterocycles. The predicted molar refractivity (Wildman–Crippen MR) is 129 cm³/mol. The van der Waals surface area contributed by atoms with Gasteiger partial charge in [0.05, 0.1) is 19.3 Å². The number of benzene rings is 2. The molecule has 1 fully saturated rings. The van der Waals surface area contributed by atoms with Crippen molar-refractivity contribution in [1.82, 2.24) is 19.4 Å². The SMILES string of the molecule is COc1ccc(C(=O)NCc2c(C)nn(Cc3ccccc3)c2C)cc1S(=O)(=O)N1CCCC1. The lowest BCUT2D eigenvalue weighted by atomic mass is 10.1. The quantitative estimate of drug-likeness (QED) is 0.532. The smallest absolute Gasteiger partial charge is 0.251 e. The van der Waals surface area contributed by atoms with Gasteiger partial charge in [0.1, 0.15) is 10.6 Å². The van der Waals surface area contributed by atoms with Gasteiger partial charge in [-0.2, -0.15) is 9.40 Å². The van der Waals surface area contributed by atoms with Crippen molar-refractivity contribution >= 4 is 15.9 Å². The van der Waals surface area contributed by atoms with Crippen molar-refractivity contribution in [3.05, 3.63) is 76.6 Å². The Hall–Kier alpha value is -3.17. The molecule has 2 heterocycles. The number of hydrogen-bond acceptors (Lipinski definition) is 5. The molecule has 0 spiro atoms. The summed E-state index contributed by atoms with van der Waals surface area (Å²) in [4.78, 5) is 13.0. The molecule has 8 nitrogen and oxygen atoms in total. The van der Waals surface area contributed by atoms with E-state index in [1.165, 1.54) is 23.5 Å². The van der Waals surface area contributed by atoms with Crippen molar-refractivity contribution in [3.8, 4) is 5.75 Å². The molecule has 1 aromatic heterocycles. The minimum Gasteiger partial charge on any atom is -0.495 e. The number of hydrogen-bond donors (Lipinski definition) is 1. The first-order valence-corrected chi connectivity index (χ1v) is 12.8. The molecule has 34 heavy (non-hydrogen) atoms. The Morgan fingerprint density at radius 1 is 1.09 bits per heavy atom. The Balaban J connectivity index is 1.51. The molecule has 9 heteroatoms. The number of methoxy groups -OCH3 is 1. The van der Waals surface area contributed by atoms with Crippen LogP contribution >= 0.6 is 0 Å². The number of aromatic nitrogens is 2. The monoisotopic (exact) mass is 482 g/mol. The second kappa shape index (κ2) is 9.99. The lowest BCUT2D eigenvalue weighted by Gasteiger charge is -2.18. The fourth-order valence-electron chi connectivity index (χ4n) is 4.26. The maximum absolute atomic E-state index is 13.1. The van der Waals surface area contributed by atoms with E-state index in [0.717, 1.165) is 35.4 Å². The molecule has 0 bridgehead atoms. The molecule has 180 valence electrons. The summed E-state index contributed by atoms with van der Waals surface area (Å²) in [7, 11) is -2.30. The molecule has 1 N–H and O–H groups in total. The summed E-state index contributed by atoms with van der Waals surface area (Å²) >= 11 is 0. The first-order valence-electron chi connectivity index (χ1n) is 11.3. The van der Waals surface area contributed by atoms with Crippen LogP contribution in [-0.2, 0) is 23.1 Å². The van der Waals surface area contributed by atoms with Crippen LogP contribution in [0.15, 0.2) is 53.4 Å². The molecule has 1 aliphatic rings. The molecule has 0 unspecified atom stereocenters. The molecule has 4 rings (SSSR count). The Morgan fingerprint density at radius 3 is 2.47 bits per heavy atom. The van der Waals surface area contributed by atoms with Gasteiger partial charge in [0, 0.05) is 36.5 Å². The summed E-state index contributed by atoms with van der Waals surface area (Å²) in [6.45, 7) is 5.81. The van der Waals surface area contributed by atoms with E-state index >= 15 is 0 Å². The summed E-state index contributed by atoms with van der Waals surface area (Å²) in [6, 6.07) is 14.6. The standard InChI is InChI=1S/C25H30N4O4S/c1-18-22(19(2)29(27-18)17-20-9-5-4-6-10-20)16-26-25(30)21-11-12-23(33-3)24(15-21)34(31,32)28-13-7-8-14-28/h4-6,9-12,15H,7-8,13-14,16-17H2,1-3H3,(H,26,30). The van der Waals surface area contributed by atoms with E-state index in [4.69, 9.17) is 4.74 Å². The Bertz CT molecular complexity index is 1280. The van der Waals surface area contributed by atoms with E-state index in [9.17, 15) is 13.2 Å². The molecule has 0 radical (unpaired) electrons. The van der Waals surface area contributed by atoms with Gasteiger partial charge in [0.2, 0.25) is 10.0 Å². The molecule has 1 amide bonds. The Kier molecular flexibility index (Phi) is 7.04. The van der Waals surface area contributed by atoms with Gasteiger partial charge in [-0.3, -0.25) is 9.48 Å². The van der Waals surface area contributed by atoms with Crippen LogP contribution in [0.5, 0.6) is 5.75 Å². The first-order chi connectivity index (χ1) is 16.3. The lowest BCUT2D eigenvalue weighted by Crippen LogP contribution is -2.29. The molecule has 0 saturated carbocycles. The normalized spacial score (nSPS) is 14.3. The fourth-order valence-corrected chi connectivity index (χ4v) is 5.96. The highest BCUT2D eigenvalue weighted by Crippen LogP contribution is 2.30. The van der Waals surface area contributed by atoms with E-state index < -0.39 is 10.0 Å². The third-order valence-electron chi connectivity index (χ3n) is 6.24. The second-order valence-electron chi connectivity index (χ2n) is 8.45. The van der Waals surface area contributed by atoms with Gasteiger partial charge in [-0.15, -0.1) is 0 Å². The van der Waals surface area contributed by atoms with Gasteiger partial charge in [-0.1, -0.05) is 30.3 Å². The molecule has 2 aromatic carbocycles. The van der Waals surface area contributed by atoms with Crippen LogP contribution < -0.4 is 10.1 Å². The zero-order valence-corrected chi connectivity index (χ0v) is 20.6. The summed E-state index contributed by atoms with van der Waals surface area (Å²) < 4.78 is 34.9. The lowest BCUT2D eigenvalue weighted by molar-refractivity contribution is 0.0950. The molecule has 0 aliphatic carbocycles. The van der Waals surface area contributed by atoms with Crippen LogP contribution in [0.2, 0.25) is 0 Å². The minimum atomic E-state index is -3.73. The van der Waals surface area contributed by atoms with E-state index in [1.54, 1.807) is 6.07 Å². The average molecular weight is 483 g/mol. The summed E-state index contributed by atoms with van der Waals surface area (Å²) in [5.41, 5.74) is 4.19. The van der Waals surface area contributed by atoms with Crippen molar-refractivity contribution in [2.45, 2.75) is 44.7 Å². The number of sulfonamides is 1. The van der Waals surface area contributed by atoms with E-state index in [1.807, 2.05) is 36.7 Å². The highest BCUT2D eigenvalue weighted by atomic mass is 32.2. The number of carbonyl (C=O) groups excluding carboxylic acids is 1. The maximum atomic E-state index is 13.1. The molecular formula is C25H30N4O4S. The molecule has 3 aromatic rings. The number of nitrogens with one attached hydrogen (secondary N) is 1. The fraction of sp³-hybridized carbons (Fsp3) is 0.360. The van der Waals surface area contributed by atoms with Gasteiger partial charge < -0.3 is 10.1 Å². The Labute approximate surface area is 200 Å². The predicted octanol–water partition coefficient (Wildman–Crippen LogP) is 3.27.